The Morgan fingerprint density at radius 2 is 2.38 bits per heavy atom. The van der Waals surface area contributed by atoms with E-state index in [-0.39, 0.29) is 0 Å². The summed E-state index contributed by atoms with van der Waals surface area (Å²) in [4.78, 5) is 18.8. The van der Waals surface area contributed by atoms with Crippen LogP contribution in [0.15, 0.2) is 18.7 Å². The number of aryl methyl sites for hydroxylation is 1. The number of carbonyl (C=O) groups is 1. The summed E-state index contributed by atoms with van der Waals surface area (Å²) >= 11 is 0. The van der Waals surface area contributed by atoms with E-state index in [0.717, 1.165) is 5.52 Å². The van der Waals surface area contributed by atoms with Crippen LogP contribution in [0.25, 0.3) is 11.0 Å². The fourth-order valence-corrected chi connectivity index (χ4v) is 1.29. The molecule has 66 valence electrons. The van der Waals surface area contributed by atoms with Crippen molar-refractivity contribution in [3.63, 3.8) is 0 Å². The van der Waals surface area contributed by atoms with Gasteiger partial charge in [0.2, 0.25) is 0 Å². The second-order valence-corrected chi connectivity index (χ2v) is 2.77. The number of fused-ring (bicyclic) bond motifs is 1. The molecule has 1 amide bonds. The minimum atomic E-state index is -0.468. The fourth-order valence-electron chi connectivity index (χ4n) is 1.29. The molecule has 2 rings (SSSR count). The quantitative estimate of drug-likeness (QED) is 0.668. The number of carbonyl (C=O) groups excluding carboxylic acids is 1. The maximum absolute atomic E-state index is 11.0. The van der Waals surface area contributed by atoms with Gasteiger partial charge in [-0.3, -0.25) is 4.79 Å². The van der Waals surface area contributed by atoms with Crippen molar-refractivity contribution in [2.45, 2.75) is 0 Å². The molecule has 0 radical (unpaired) electrons. The van der Waals surface area contributed by atoms with Crippen molar-refractivity contribution >= 4 is 16.9 Å². The van der Waals surface area contributed by atoms with Crippen LogP contribution in [-0.2, 0) is 7.05 Å². The van der Waals surface area contributed by atoms with Gasteiger partial charge in [-0.2, -0.15) is 0 Å². The van der Waals surface area contributed by atoms with Crippen LogP contribution >= 0.6 is 0 Å². The van der Waals surface area contributed by atoms with E-state index in [0.29, 0.717) is 11.1 Å². The van der Waals surface area contributed by atoms with E-state index < -0.39 is 5.91 Å². The van der Waals surface area contributed by atoms with Gasteiger partial charge < -0.3 is 10.3 Å². The zero-order chi connectivity index (χ0) is 9.42. The summed E-state index contributed by atoms with van der Waals surface area (Å²) in [7, 11) is 1.82. The third kappa shape index (κ3) is 1.05. The van der Waals surface area contributed by atoms with Crippen molar-refractivity contribution in [3.8, 4) is 0 Å². The first-order valence-electron chi connectivity index (χ1n) is 3.75. The SMILES string of the molecule is Cn1cc(C(N)=O)c2ncncc21. The van der Waals surface area contributed by atoms with E-state index in [1.807, 2.05) is 7.05 Å². The molecule has 5 heteroatoms. The van der Waals surface area contributed by atoms with Crippen molar-refractivity contribution in [1.29, 1.82) is 0 Å². The Labute approximate surface area is 74.2 Å². The van der Waals surface area contributed by atoms with Crippen molar-refractivity contribution < 1.29 is 4.79 Å². The van der Waals surface area contributed by atoms with Crippen LogP contribution in [0.1, 0.15) is 10.4 Å². The van der Waals surface area contributed by atoms with Gasteiger partial charge >= 0.3 is 0 Å². The van der Waals surface area contributed by atoms with E-state index in [9.17, 15) is 4.79 Å². The Morgan fingerprint density at radius 1 is 1.62 bits per heavy atom. The number of primary amides is 1. The minimum absolute atomic E-state index is 0.430. The number of amides is 1. The first kappa shape index (κ1) is 7.72. The van der Waals surface area contributed by atoms with Crippen LogP contribution < -0.4 is 5.73 Å². The van der Waals surface area contributed by atoms with Gasteiger partial charge in [0, 0.05) is 13.2 Å². The molecule has 0 saturated carbocycles. The highest BCUT2D eigenvalue weighted by atomic mass is 16.1. The summed E-state index contributed by atoms with van der Waals surface area (Å²) in [6, 6.07) is 0. The lowest BCUT2D eigenvalue weighted by atomic mass is 10.3. The fraction of sp³-hybridized carbons (Fsp3) is 0.125. The molecule has 0 unspecified atom stereocenters. The molecule has 0 fully saturated rings. The van der Waals surface area contributed by atoms with Gasteiger partial charge in [-0.05, 0) is 0 Å². The largest absolute Gasteiger partial charge is 0.365 e. The summed E-state index contributed by atoms with van der Waals surface area (Å²) in [6.07, 6.45) is 4.70. The van der Waals surface area contributed by atoms with Gasteiger partial charge in [0.1, 0.15) is 11.8 Å². The molecule has 2 aromatic rings. The number of hydrogen-bond donors (Lipinski definition) is 1. The standard InChI is InChI=1S/C8H8N4O/c1-12-3-5(8(9)13)7-6(12)2-10-4-11-7/h2-4H,1H3,(H2,9,13). The topological polar surface area (TPSA) is 73.8 Å². The molecule has 2 heterocycles. The highest BCUT2D eigenvalue weighted by Crippen LogP contribution is 2.15. The highest BCUT2D eigenvalue weighted by Gasteiger charge is 2.11. The minimum Gasteiger partial charge on any atom is -0.365 e. The van der Waals surface area contributed by atoms with Gasteiger partial charge in [0.15, 0.2) is 0 Å². The number of nitrogens with two attached hydrogens (primary N) is 1. The summed E-state index contributed by atoms with van der Waals surface area (Å²) < 4.78 is 1.77. The third-order valence-corrected chi connectivity index (χ3v) is 1.92. The van der Waals surface area contributed by atoms with Crippen LogP contribution in [0.2, 0.25) is 0 Å². The predicted molar refractivity (Wildman–Crippen MR) is 47.0 cm³/mol. The molecule has 0 aliphatic heterocycles. The summed E-state index contributed by atoms with van der Waals surface area (Å²) in [6.45, 7) is 0. The lowest BCUT2D eigenvalue weighted by molar-refractivity contribution is 0.100. The van der Waals surface area contributed by atoms with Crippen LogP contribution in [0, 0.1) is 0 Å². The first-order valence-corrected chi connectivity index (χ1v) is 3.75. The average Bonchev–Trinajstić information content (AvgIpc) is 2.45. The molecular formula is C8H8N4O. The molecule has 0 aliphatic carbocycles. The Kier molecular flexibility index (Phi) is 1.51. The number of aromatic nitrogens is 3. The van der Waals surface area contributed by atoms with E-state index in [4.69, 9.17) is 5.73 Å². The second-order valence-electron chi connectivity index (χ2n) is 2.77. The van der Waals surface area contributed by atoms with Crippen LogP contribution in [0.3, 0.4) is 0 Å². The summed E-state index contributed by atoms with van der Waals surface area (Å²) in [5, 5.41) is 0. The Balaban J connectivity index is 2.85. The van der Waals surface area contributed by atoms with Crippen molar-refractivity contribution in [1.82, 2.24) is 14.5 Å². The number of rotatable bonds is 1. The van der Waals surface area contributed by atoms with E-state index in [2.05, 4.69) is 9.97 Å². The molecule has 0 aromatic carbocycles. The van der Waals surface area contributed by atoms with Gasteiger partial charge in [-0.15, -0.1) is 0 Å². The number of hydrogen-bond acceptors (Lipinski definition) is 3. The molecule has 0 spiro atoms. The van der Waals surface area contributed by atoms with Gasteiger partial charge in [0.05, 0.1) is 17.3 Å². The Bertz CT molecular complexity index is 474. The summed E-state index contributed by atoms with van der Waals surface area (Å²) in [5.41, 5.74) is 7.01. The lowest BCUT2D eigenvalue weighted by Gasteiger charge is -1.91. The Hall–Kier alpha value is -1.91. The third-order valence-electron chi connectivity index (χ3n) is 1.92. The summed E-state index contributed by atoms with van der Waals surface area (Å²) in [5.74, 6) is -0.468. The van der Waals surface area contributed by atoms with E-state index in [1.165, 1.54) is 6.33 Å². The molecule has 5 nitrogen and oxygen atoms in total. The van der Waals surface area contributed by atoms with Gasteiger partial charge in [0.25, 0.3) is 5.91 Å². The maximum atomic E-state index is 11.0. The Morgan fingerprint density at radius 3 is 3.08 bits per heavy atom. The van der Waals surface area contributed by atoms with Crippen molar-refractivity contribution in [3.05, 3.63) is 24.3 Å². The number of nitrogens with zero attached hydrogens (tertiary/aromatic N) is 3. The molecule has 13 heavy (non-hydrogen) atoms. The molecule has 2 N–H and O–H groups in total. The molecule has 0 bridgehead atoms. The van der Waals surface area contributed by atoms with Gasteiger partial charge in [-0.1, -0.05) is 0 Å². The first-order chi connectivity index (χ1) is 6.20. The van der Waals surface area contributed by atoms with Crippen molar-refractivity contribution in [2.24, 2.45) is 12.8 Å². The average molecular weight is 176 g/mol. The lowest BCUT2D eigenvalue weighted by Crippen LogP contribution is -2.10. The zero-order valence-electron chi connectivity index (χ0n) is 7.06. The molecule has 0 aliphatic rings. The maximum Gasteiger partial charge on any atom is 0.252 e. The van der Waals surface area contributed by atoms with Crippen molar-refractivity contribution in [2.75, 3.05) is 0 Å². The normalized spacial score (nSPS) is 10.5. The molecule has 0 saturated heterocycles. The van der Waals surface area contributed by atoms with Gasteiger partial charge in [-0.25, -0.2) is 9.97 Å². The molecular weight excluding hydrogens is 168 g/mol. The molecule has 2 aromatic heterocycles. The predicted octanol–water partition coefficient (Wildman–Crippen LogP) is 0.0672. The van der Waals surface area contributed by atoms with E-state index in [1.54, 1.807) is 17.0 Å². The zero-order valence-corrected chi connectivity index (χ0v) is 7.06. The monoisotopic (exact) mass is 176 g/mol. The second kappa shape index (κ2) is 2.55. The molecule has 0 atom stereocenters. The van der Waals surface area contributed by atoms with E-state index >= 15 is 0 Å². The highest BCUT2D eigenvalue weighted by molar-refractivity contribution is 6.04. The van der Waals surface area contributed by atoms with Crippen LogP contribution in [-0.4, -0.2) is 20.4 Å². The van der Waals surface area contributed by atoms with Crippen LogP contribution in [0.5, 0.6) is 0 Å². The van der Waals surface area contributed by atoms with Crippen LogP contribution in [0.4, 0.5) is 0 Å². The smallest absolute Gasteiger partial charge is 0.252 e.